The highest BCUT2D eigenvalue weighted by Crippen LogP contribution is 2.37. The van der Waals surface area contributed by atoms with Gasteiger partial charge >= 0.3 is 5.97 Å². The molecule has 0 saturated carbocycles. The fourth-order valence-electron chi connectivity index (χ4n) is 9.07. The minimum Gasteiger partial charge on any atom is -0.462 e. The summed E-state index contributed by atoms with van der Waals surface area (Å²) in [5, 5.41) is 45.0. The van der Waals surface area contributed by atoms with Crippen LogP contribution in [0.3, 0.4) is 0 Å². The van der Waals surface area contributed by atoms with Gasteiger partial charge < -0.3 is 68.0 Å². The van der Waals surface area contributed by atoms with Crippen LogP contribution in [0.1, 0.15) is 100 Å². The Labute approximate surface area is 352 Å². The SMILES string of the molecule is CCOC(C[C@H]1C[C@H](C)C(=O)CCC(C)C[C@H](CO[C@@H]2O[C@H](C)[C@@H](O)[C@@H](OC)[C@H]2OC)[C@@H](CC)OC(=O)C[C@H](O)[C@H](C)[C@H]1O[C@@H]1O[C@H](C)[C@@H](O)[C@H](N(C)C)[C@H]1O)OCC. The number of methoxy groups -OCH3 is 2. The topological polar surface area (TPSA) is 201 Å². The molecule has 3 aliphatic rings. The van der Waals surface area contributed by atoms with Gasteiger partial charge in [0.1, 0.15) is 36.3 Å². The first-order valence-electron chi connectivity index (χ1n) is 21.9. The first-order chi connectivity index (χ1) is 27.9. The van der Waals surface area contributed by atoms with Gasteiger partial charge in [-0.2, -0.15) is 0 Å². The van der Waals surface area contributed by atoms with Crippen LogP contribution >= 0.6 is 0 Å². The molecule has 3 saturated heterocycles. The molecule has 4 N–H and O–H groups in total. The van der Waals surface area contributed by atoms with Crippen molar-refractivity contribution in [1.82, 2.24) is 4.90 Å². The standard InChI is InChI=1S/C43H79NO15/c1-13-32-29(22-55-43-41(52-12)40(51-11)37(49)27(8)57-43)18-23(4)16-17-30(45)24(5)19-28(20-34(53-14-2)54-15-3)39(25(6)31(46)21-33(47)58-32)59-42-38(50)35(44(9)10)36(48)26(7)56-42/h23-29,31-32,34-43,46,48-50H,13-22H2,1-12H3/t23?,24-,25-,26+,27+,28+,29+,31-,32+,35-,36+,37+,38+,39+,40+,41+,42-,43+/m0/s1. The van der Waals surface area contributed by atoms with Gasteiger partial charge in [-0.15, -0.1) is 0 Å². The van der Waals surface area contributed by atoms with E-state index in [2.05, 4.69) is 6.92 Å². The number of ether oxygens (including phenoxy) is 9. The van der Waals surface area contributed by atoms with Crippen LogP contribution in [0.2, 0.25) is 0 Å². The Kier molecular flexibility index (Phi) is 22.1. The predicted octanol–water partition coefficient (Wildman–Crippen LogP) is 3.07. The van der Waals surface area contributed by atoms with Crippen molar-refractivity contribution in [1.29, 1.82) is 0 Å². The quantitative estimate of drug-likeness (QED) is 0.138. The van der Waals surface area contributed by atoms with Crippen LogP contribution in [-0.2, 0) is 52.2 Å². The lowest BCUT2D eigenvalue weighted by Crippen LogP contribution is -2.63. The number of nitrogens with zero attached hydrogens (tertiary/aromatic N) is 1. The van der Waals surface area contributed by atoms with Gasteiger partial charge in [0.25, 0.3) is 0 Å². The number of aliphatic hydroxyl groups is 4. The monoisotopic (exact) mass is 850 g/mol. The first-order valence-corrected chi connectivity index (χ1v) is 21.9. The maximum atomic E-state index is 14.0. The van der Waals surface area contributed by atoms with E-state index in [4.69, 9.17) is 42.6 Å². The molecule has 0 bridgehead atoms. The number of carbonyl (C=O) groups is 2. The maximum absolute atomic E-state index is 14.0. The van der Waals surface area contributed by atoms with Gasteiger partial charge in [0.2, 0.25) is 0 Å². The second-order valence-electron chi connectivity index (χ2n) is 17.3. The number of carbonyl (C=O) groups excluding carboxylic acids is 2. The summed E-state index contributed by atoms with van der Waals surface area (Å²) in [6.45, 7) is 15.7. The molecule has 0 aliphatic carbocycles. The third kappa shape index (κ3) is 14.3. The Hall–Kier alpha value is -1.38. The highest BCUT2D eigenvalue weighted by Gasteiger charge is 2.48. The number of aliphatic hydroxyl groups excluding tert-OH is 4. The molecule has 16 heteroatoms. The second-order valence-corrected chi connectivity index (χ2v) is 17.3. The molecule has 3 heterocycles. The molecule has 59 heavy (non-hydrogen) atoms. The summed E-state index contributed by atoms with van der Waals surface area (Å²) in [7, 11) is 6.50. The van der Waals surface area contributed by atoms with Crippen molar-refractivity contribution in [2.24, 2.45) is 29.6 Å². The average Bonchev–Trinajstić information content (AvgIpc) is 3.18. The fraction of sp³-hybridized carbons (Fsp3) is 0.953. The van der Waals surface area contributed by atoms with Crippen molar-refractivity contribution in [3.05, 3.63) is 0 Å². The minimum absolute atomic E-state index is 0.0445. The second kappa shape index (κ2) is 25.1. The maximum Gasteiger partial charge on any atom is 0.308 e. The zero-order chi connectivity index (χ0) is 44.1. The van der Waals surface area contributed by atoms with E-state index in [1.165, 1.54) is 14.2 Å². The zero-order valence-electron chi connectivity index (χ0n) is 37.8. The molecule has 0 radical (unpaired) electrons. The van der Waals surface area contributed by atoms with Crippen LogP contribution in [0, 0.1) is 29.6 Å². The molecule has 18 atom stereocenters. The molecular formula is C43H79NO15. The molecule has 3 rings (SSSR count). The van der Waals surface area contributed by atoms with E-state index in [1.54, 1.807) is 39.8 Å². The van der Waals surface area contributed by atoms with E-state index < -0.39 is 110 Å². The highest BCUT2D eigenvalue weighted by atomic mass is 16.7. The first kappa shape index (κ1) is 52.0. The number of ketones is 1. The van der Waals surface area contributed by atoms with Crippen molar-refractivity contribution in [2.45, 2.75) is 186 Å². The summed E-state index contributed by atoms with van der Waals surface area (Å²) in [6, 6.07) is -0.713. The Morgan fingerprint density at radius 2 is 1.39 bits per heavy atom. The van der Waals surface area contributed by atoms with Crippen LogP contribution in [0.15, 0.2) is 0 Å². The zero-order valence-corrected chi connectivity index (χ0v) is 37.8. The number of rotatable bonds is 15. The Balaban J connectivity index is 1.99. The summed E-state index contributed by atoms with van der Waals surface area (Å²) in [6.07, 6.45) is -9.06. The Morgan fingerprint density at radius 1 is 0.780 bits per heavy atom. The van der Waals surface area contributed by atoms with Gasteiger partial charge in [-0.1, -0.05) is 27.7 Å². The van der Waals surface area contributed by atoms with E-state index in [0.717, 1.165) is 0 Å². The number of cyclic esters (lactones) is 1. The lowest BCUT2D eigenvalue weighted by Gasteiger charge is -2.47. The molecule has 3 fully saturated rings. The largest absolute Gasteiger partial charge is 0.462 e. The lowest BCUT2D eigenvalue weighted by atomic mass is 9.78. The Morgan fingerprint density at radius 3 is 1.97 bits per heavy atom. The van der Waals surface area contributed by atoms with Gasteiger partial charge in [-0.3, -0.25) is 9.59 Å². The van der Waals surface area contributed by atoms with E-state index in [-0.39, 0.29) is 30.6 Å². The van der Waals surface area contributed by atoms with Crippen molar-refractivity contribution < 1.29 is 72.6 Å². The molecule has 0 aromatic carbocycles. The fourth-order valence-corrected chi connectivity index (χ4v) is 9.07. The summed E-state index contributed by atoms with van der Waals surface area (Å²) >= 11 is 0. The van der Waals surface area contributed by atoms with E-state index in [9.17, 15) is 30.0 Å². The smallest absolute Gasteiger partial charge is 0.308 e. The number of esters is 1. The van der Waals surface area contributed by atoms with E-state index >= 15 is 0 Å². The molecule has 0 aromatic heterocycles. The van der Waals surface area contributed by atoms with Gasteiger partial charge in [0.05, 0.1) is 49.6 Å². The third-order valence-electron chi connectivity index (χ3n) is 12.6. The van der Waals surface area contributed by atoms with Crippen LogP contribution in [0.5, 0.6) is 0 Å². The minimum atomic E-state index is -1.27. The number of hydrogen-bond acceptors (Lipinski definition) is 16. The molecule has 0 amide bonds. The van der Waals surface area contributed by atoms with E-state index in [0.29, 0.717) is 51.7 Å². The molecule has 1 unspecified atom stereocenters. The Bertz CT molecular complexity index is 1220. The number of hydrogen-bond donors (Lipinski definition) is 4. The van der Waals surface area contributed by atoms with Crippen LogP contribution in [0.4, 0.5) is 0 Å². The molecule has 0 aromatic rings. The molecular weight excluding hydrogens is 770 g/mol. The predicted molar refractivity (Wildman–Crippen MR) is 217 cm³/mol. The molecule has 16 nitrogen and oxygen atoms in total. The summed E-state index contributed by atoms with van der Waals surface area (Å²) in [5.74, 6) is -2.39. The van der Waals surface area contributed by atoms with Crippen molar-refractivity contribution in [3.8, 4) is 0 Å². The van der Waals surface area contributed by atoms with Crippen LogP contribution < -0.4 is 0 Å². The molecule has 346 valence electrons. The van der Waals surface area contributed by atoms with Gasteiger partial charge in [-0.05, 0) is 79.3 Å². The van der Waals surface area contributed by atoms with Crippen molar-refractivity contribution in [2.75, 3.05) is 48.1 Å². The van der Waals surface area contributed by atoms with Gasteiger partial charge in [0.15, 0.2) is 18.9 Å². The van der Waals surface area contributed by atoms with E-state index in [1.807, 2.05) is 27.7 Å². The lowest BCUT2D eigenvalue weighted by molar-refractivity contribution is -0.306. The normalized spacial score (nSPS) is 41.3. The highest BCUT2D eigenvalue weighted by molar-refractivity contribution is 5.80. The van der Waals surface area contributed by atoms with Gasteiger partial charge in [-0.25, -0.2) is 0 Å². The third-order valence-corrected chi connectivity index (χ3v) is 12.6. The van der Waals surface area contributed by atoms with Crippen molar-refractivity contribution >= 4 is 11.8 Å². The van der Waals surface area contributed by atoms with Gasteiger partial charge in [0, 0.05) is 58.0 Å². The summed E-state index contributed by atoms with van der Waals surface area (Å²) in [5.41, 5.74) is 0. The van der Waals surface area contributed by atoms with Crippen molar-refractivity contribution in [3.63, 3.8) is 0 Å². The average molecular weight is 850 g/mol. The van der Waals surface area contributed by atoms with Crippen LogP contribution in [0.25, 0.3) is 0 Å². The molecule has 3 aliphatic heterocycles. The van der Waals surface area contributed by atoms with Crippen LogP contribution in [-0.4, -0.2) is 171 Å². The number of Topliss-reactive ketones (excluding diaryl/α,β-unsaturated/α-hetero) is 1. The summed E-state index contributed by atoms with van der Waals surface area (Å²) < 4.78 is 54.5. The summed E-state index contributed by atoms with van der Waals surface area (Å²) in [4.78, 5) is 29.5. The molecule has 0 spiro atoms. The number of likely N-dealkylation sites (N-methyl/N-ethyl adjacent to an activating group) is 1.